The standard InChI is InChI=1S/C15H22N5O7P/c1-8(2)19-12-11-13(17-6-16-12)20(7-18-11)10-4-3-9(27-10)5-26-15(14(21)22)28(23,24)25/h6-10,15H,3-5H2,1-2H3,(H,21,22)(H,16,17,19)(H2,23,24,25)/t9-,10+,15?/m0/s1. The van der Waals surface area contributed by atoms with Gasteiger partial charge in [-0.3, -0.25) is 9.13 Å². The van der Waals surface area contributed by atoms with Crippen molar-refractivity contribution in [3.8, 4) is 0 Å². The Kier molecular flexibility index (Phi) is 5.96. The summed E-state index contributed by atoms with van der Waals surface area (Å²) in [6.07, 6.45) is 3.22. The molecular weight excluding hydrogens is 393 g/mol. The second kappa shape index (κ2) is 8.10. The molecule has 0 saturated carbocycles. The molecule has 3 atom stereocenters. The molecule has 3 rings (SSSR count). The summed E-state index contributed by atoms with van der Waals surface area (Å²) in [5.74, 6) is -3.31. The van der Waals surface area contributed by atoms with E-state index in [4.69, 9.17) is 24.4 Å². The van der Waals surface area contributed by atoms with Crippen molar-refractivity contribution in [3.05, 3.63) is 12.7 Å². The minimum Gasteiger partial charge on any atom is -0.479 e. The van der Waals surface area contributed by atoms with E-state index in [1.165, 1.54) is 6.33 Å². The fourth-order valence-corrected chi connectivity index (χ4v) is 3.53. The molecule has 0 amide bonds. The number of anilines is 1. The number of hydrogen-bond donors (Lipinski definition) is 4. The van der Waals surface area contributed by atoms with Crippen LogP contribution in [0.5, 0.6) is 0 Å². The Balaban J connectivity index is 1.69. The molecule has 1 unspecified atom stereocenters. The van der Waals surface area contributed by atoms with Crippen molar-refractivity contribution >= 4 is 30.5 Å². The number of aromatic nitrogens is 4. The third-order valence-corrected chi connectivity index (χ3v) is 5.12. The second-order valence-electron chi connectivity index (χ2n) is 6.75. The van der Waals surface area contributed by atoms with Gasteiger partial charge in [-0.05, 0) is 26.7 Å². The van der Waals surface area contributed by atoms with E-state index in [1.54, 1.807) is 10.9 Å². The SMILES string of the molecule is CC(C)Nc1ncnc2c1ncn2[C@H]1CC[C@@H](COC(C(=O)O)P(=O)(O)O)O1. The van der Waals surface area contributed by atoms with Gasteiger partial charge in [0.2, 0.25) is 0 Å². The number of rotatable bonds is 8. The van der Waals surface area contributed by atoms with Gasteiger partial charge in [0.25, 0.3) is 5.85 Å². The van der Waals surface area contributed by atoms with Crippen LogP contribution in [0.25, 0.3) is 11.2 Å². The maximum atomic E-state index is 11.2. The van der Waals surface area contributed by atoms with Gasteiger partial charge in [0.15, 0.2) is 17.0 Å². The predicted molar refractivity (Wildman–Crippen MR) is 96.6 cm³/mol. The lowest BCUT2D eigenvalue weighted by Crippen LogP contribution is -2.28. The van der Waals surface area contributed by atoms with Gasteiger partial charge in [0.05, 0.1) is 19.0 Å². The molecule has 28 heavy (non-hydrogen) atoms. The lowest BCUT2D eigenvalue weighted by Gasteiger charge is -2.19. The Hall–Kier alpha value is -2.11. The van der Waals surface area contributed by atoms with Crippen molar-refractivity contribution < 1.29 is 33.7 Å². The molecule has 13 heteroatoms. The van der Waals surface area contributed by atoms with E-state index in [9.17, 15) is 9.36 Å². The van der Waals surface area contributed by atoms with E-state index >= 15 is 0 Å². The Morgan fingerprint density at radius 1 is 1.39 bits per heavy atom. The van der Waals surface area contributed by atoms with Crippen LogP contribution in [0.2, 0.25) is 0 Å². The molecule has 1 fully saturated rings. The fourth-order valence-electron chi connectivity index (χ4n) is 2.97. The summed E-state index contributed by atoms with van der Waals surface area (Å²) in [5.41, 5.74) is 1.19. The molecule has 0 spiro atoms. The molecule has 4 N–H and O–H groups in total. The lowest BCUT2D eigenvalue weighted by molar-refractivity contribution is -0.148. The number of nitrogens with zero attached hydrogens (tertiary/aromatic N) is 4. The topological polar surface area (TPSA) is 169 Å². The highest BCUT2D eigenvalue weighted by Gasteiger charge is 2.38. The summed E-state index contributed by atoms with van der Waals surface area (Å²) < 4.78 is 23.7. The summed E-state index contributed by atoms with van der Waals surface area (Å²) in [5, 5.41) is 12.1. The zero-order chi connectivity index (χ0) is 20.5. The van der Waals surface area contributed by atoms with E-state index in [0.29, 0.717) is 29.8 Å². The molecule has 154 valence electrons. The van der Waals surface area contributed by atoms with Crippen molar-refractivity contribution in [2.24, 2.45) is 0 Å². The minimum absolute atomic E-state index is 0.170. The number of carboxylic acids is 1. The van der Waals surface area contributed by atoms with Crippen molar-refractivity contribution in [2.45, 2.75) is 50.9 Å². The number of carboxylic acid groups (broad SMARTS) is 1. The van der Waals surface area contributed by atoms with Gasteiger partial charge in [-0.15, -0.1) is 0 Å². The summed E-state index contributed by atoms with van der Waals surface area (Å²) in [6.45, 7) is 3.72. The first-order chi connectivity index (χ1) is 13.2. The lowest BCUT2D eigenvalue weighted by atomic mass is 10.2. The first-order valence-electron chi connectivity index (χ1n) is 8.66. The maximum Gasteiger partial charge on any atom is 0.365 e. The molecular formula is C15H22N5O7P. The van der Waals surface area contributed by atoms with Gasteiger partial charge < -0.3 is 29.7 Å². The van der Waals surface area contributed by atoms with Gasteiger partial charge in [-0.25, -0.2) is 19.7 Å². The normalized spacial score (nSPS) is 21.3. The van der Waals surface area contributed by atoms with E-state index < -0.39 is 31.7 Å². The molecule has 1 aliphatic rings. The van der Waals surface area contributed by atoms with Crippen LogP contribution in [0, 0.1) is 0 Å². The van der Waals surface area contributed by atoms with E-state index in [0.717, 1.165) is 0 Å². The van der Waals surface area contributed by atoms with Crippen molar-refractivity contribution in [1.82, 2.24) is 19.5 Å². The average Bonchev–Trinajstić information content (AvgIpc) is 3.19. The average molecular weight is 415 g/mol. The Bertz CT molecular complexity index is 898. The van der Waals surface area contributed by atoms with Gasteiger partial charge in [0.1, 0.15) is 12.6 Å². The van der Waals surface area contributed by atoms with Crippen LogP contribution in [0.1, 0.15) is 32.9 Å². The van der Waals surface area contributed by atoms with Gasteiger partial charge in [-0.1, -0.05) is 0 Å². The van der Waals surface area contributed by atoms with Crippen LogP contribution >= 0.6 is 7.60 Å². The van der Waals surface area contributed by atoms with Crippen LogP contribution in [0.3, 0.4) is 0 Å². The highest BCUT2D eigenvalue weighted by atomic mass is 31.2. The first kappa shape index (κ1) is 20.6. The molecule has 1 aliphatic heterocycles. The number of carbonyl (C=O) groups is 1. The number of fused-ring (bicyclic) bond motifs is 1. The Morgan fingerprint density at radius 3 is 2.79 bits per heavy atom. The molecule has 0 radical (unpaired) electrons. The molecule has 3 heterocycles. The van der Waals surface area contributed by atoms with Crippen LogP contribution in [0.4, 0.5) is 5.82 Å². The number of aliphatic carboxylic acids is 1. The zero-order valence-corrected chi connectivity index (χ0v) is 16.2. The number of ether oxygens (including phenoxy) is 2. The third-order valence-electron chi connectivity index (χ3n) is 4.14. The molecule has 12 nitrogen and oxygen atoms in total. The van der Waals surface area contributed by atoms with Crippen molar-refractivity contribution in [1.29, 1.82) is 0 Å². The molecule has 1 saturated heterocycles. The van der Waals surface area contributed by atoms with Crippen LogP contribution < -0.4 is 5.32 Å². The third kappa shape index (κ3) is 4.47. The Labute approximate surface area is 160 Å². The maximum absolute atomic E-state index is 11.2. The molecule has 2 aromatic heterocycles. The van der Waals surface area contributed by atoms with E-state index in [1.807, 2.05) is 13.8 Å². The van der Waals surface area contributed by atoms with Gasteiger partial charge in [0, 0.05) is 6.04 Å². The van der Waals surface area contributed by atoms with Crippen molar-refractivity contribution in [3.63, 3.8) is 0 Å². The van der Waals surface area contributed by atoms with Gasteiger partial charge >= 0.3 is 13.6 Å². The van der Waals surface area contributed by atoms with Crippen LogP contribution in [0.15, 0.2) is 12.7 Å². The predicted octanol–water partition coefficient (Wildman–Crippen LogP) is 0.929. The zero-order valence-electron chi connectivity index (χ0n) is 15.3. The Morgan fingerprint density at radius 2 is 2.14 bits per heavy atom. The first-order valence-corrected chi connectivity index (χ1v) is 10.3. The number of hydrogen-bond acceptors (Lipinski definition) is 8. The molecule has 0 aromatic carbocycles. The quantitative estimate of drug-likeness (QED) is 0.452. The van der Waals surface area contributed by atoms with E-state index in [-0.39, 0.29) is 12.6 Å². The smallest absolute Gasteiger partial charge is 0.365 e. The van der Waals surface area contributed by atoms with Crippen LogP contribution in [-0.2, 0) is 18.8 Å². The summed E-state index contributed by atoms with van der Waals surface area (Å²) in [7, 11) is -4.92. The number of nitrogens with one attached hydrogen (secondary N) is 1. The van der Waals surface area contributed by atoms with Gasteiger partial charge in [-0.2, -0.15) is 0 Å². The molecule has 2 aromatic rings. The summed E-state index contributed by atoms with van der Waals surface area (Å²) >= 11 is 0. The summed E-state index contributed by atoms with van der Waals surface area (Å²) in [6, 6.07) is 0.170. The molecule has 0 aliphatic carbocycles. The number of imidazole rings is 1. The van der Waals surface area contributed by atoms with Crippen molar-refractivity contribution in [2.75, 3.05) is 11.9 Å². The largest absolute Gasteiger partial charge is 0.479 e. The van der Waals surface area contributed by atoms with E-state index in [2.05, 4.69) is 20.3 Å². The second-order valence-corrected chi connectivity index (χ2v) is 8.40. The fraction of sp³-hybridized carbons (Fsp3) is 0.600. The van der Waals surface area contributed by atoms with Crippen LogP contribution in [-0.4, -0.2) is 65.0 Å². The highest BCUT2D eigenvalue weighted by Crippen LogP contribution is 2.42. The minimum atomic E-state index is -4.92. The highest BCUT2D eigenvalue weighted by molar-refractivity contribution is 7.53. The molecule has 0 bridgehead atoms. The summed E-state index contributed by atoms with van der Waals surface area (Å²) in [4.78, 5) is 41.9. The monoisotopic (exact) mass is 415 g/mol.